The van der Waals surface area contributed by atoms with Crippen molar-refractivity contribution in [3.63, 3.8) is 0 Å². The first-order valence-electron chi connectivity index (χ1n) is 9.01. The first-order chi connectivity index (χ1) is 13.3. The quantitative estimate of drug-likeness (QED) is 0.636. The Hall–Kier alpha value is -1.54. The molecule has 1 aliphatic heterocycles. The number of amides is 1. The highest BCUT2D eigenvalue weighted by Crippen LogP contribution is 2.28. The maximum atomic E-state index is 13.1. The van der Waals surface area contributed by atoms with Gasteiger partial charge in [0, 0.05) is 36.6 Å². The van der Waals surface area contributed by atoms with Gasteiger partial charge in [-0.15, -0.1) is 11.8 Å². The van der Waals surface area contributed by atoms with Crippen molar-refractivity contribution in [1.29, 1.82) is 0 Å². The van der Waals surface area contributed by atoms with Crippen molar-refractivity contribution in [3.8, 4) is 0 Å². The van der Waals surface area contributed by atoms with Crippen LogP contribution in [0, 0.1) is 0 Å². The fraction of sp³-hybridized carbons (Fsp3) is 0.350. The van der Waals surface area contributed by atoms with E-state index in [4.69, 9.17) is 11.6 Å². The minimum atomic E-state index is -3.73. The van der Waals surface area contributed by atoms with Crippen molar-refractivity contribution in [2.75, 3.05) is 26.4 Å². The number of likely N-dealkylation sites (tertiary alicyclic amines) is 1. The van der Waals surface area contributed by atoms with Crippen molar-refractivity contribution in [3.05, 3.63) is 58.6 Å². The van der Waals surface area contributed by atoms with E-state index in [1.807, 2.05) is 6.26 Å². The van der Waals surface area contributed by atoms with E-state index in [2.05, 4.69) is 0 Å². The summed E-state index contributed by atoms with van der Waals surface area (Å²) in [7, 11) is -2.20. The van der Waals surface area contributed by atoms with Crippen molar-refractivity contribution in [2.24, 2.45) is 0 Å². The Kier molecular flexibility index (Phi) is 6.70. The van der Waals surface area contributed by atoms with Gasteiger partial charge in [0.25, 0.3) is 5.91 Å². The third-order valence-electron chi connectivity index (χ3n) is 4.82. The largest absolute Gasteiger partial charge is 0.339 e. The summed E-state index contributed by atoms with van der Waals surface area (Å²) in [6.07, 6.45) is 3.86. The highest BCUT2D eigenvalue weighted by Gasteiger charge is 2.26. The molecule has 150 valence electrons. The topological polar surface area (TPSA) is 57.7 Å². The van der Waals surface area contributed by atoms with Gasteiger partial charge in [0.15, 0.2) is 0 Å². The summed E-state index contributed by atoms with van der Waals surface area (Å²) in [6.45, 7) is 1.67. The smallest absolute Gasteiger partial charge is 0.255 e. The Labute approximate surface area is 175 Å². The number of carbonyl (C=O) groups excluding carboxylic acids is 1. The van der Waals surface area contributed by atoms with E-state index in [0.717, 1.165) is 36.4 Å². The Morgan fingerprint density at radius 3 is 2.39 bits per heavy atom. The lowest BCUT2D eigenvalue weighted by Gasteiger charge is -2.20. The van der Waals surface area contributed by atoms with Gasteiger partial charge in [-0.1, -0.05) is 23.7 Å². The van der Waals surface area contributed by atoms with Crippen LogP contribution in [-0.4, -0.2) is 49.9 Å². The second kappa shape index (κ2) is 8.86. The summed E-state index contributed by atoms with van der Waals surface area (Å²) in [6, 6.07) is 11.9. The molecule has 1 fully saturated rings. The lowest BCUT2D eigenvalue weighted by molar-refractivity contribution is 0.0789. The lowest BCUT2D eigenvalue weighted by atomic mass is 10.2. The molecule has 3 rings (SSSR count). The molecule has 1 heterocycles. The zero-order valence-electron chi connectivity index (χ0n) is 15.9. The fourth-order valence-electron chi connectivity index (χ4n) is 3.22. The average Bonchev–Trinajstić information content (AvgIpc) is 3.23. The summed E-state index contributed by atoms with van der Waals surface area (Å²) in [5, 5.41) is 0.604. The van der Waals surface area contributed by atoms with Gasteiger partial charge in [-0.05, 0) is 55.0 Å². The first kappa shape index (κ1) is 21.2. The molecule has 0 unspecified atom stereocenters. The number of sulfonamides is 1. The van der Waals surface area contributed by atoms with Gasteiger partial charge in [-0.3, -0.25) is 4.79 Å². The van der Waals surface area contributed by atoms with Crippen LogP contribution in [0.3, 0.4) is 0 Å². The van der Waals surface area contributed by atoms with Crippen LogP contribution in [0.1, 0.15) is 28.8 Å². The van der Waals surface area contributed by atoms with Gasteiger partial charge in [0.1, 0.15) is 0 Å². The van der Waals surface area contributed by atoms with E-state index in [1.165, 1.54) is 29.2 Å². The molecule has 0 aromatic heterocycles. The van der Waals surface area contributed by atoms with E-state index in [1.54, 1.807) is 41.3 Å². The van der Waals surface area contributed by atoms with Crippen LogP contribution in [-0.2, 0) is 16.6 Å². The van der Waals surface area contributed by atoms with Crippen LogP contribution >= 0.6 is 23.4 Å². The monoisotopic (exact) mass is 438 g/mol. The number of halogens is 1. The highest BCUT2D eigenvalue weighted by molar-refractivity contribution is 7.98. The molecule has 0 aliphatic carbocycles. The van der Waals surface area contributed by atoms with Crippen LogP contribution in [0.15, 0.2) is 52.3 Å². The predicted molar refractivity (Wildman–Crippen MR) is 113 cm³/mol. The first-order valence-corrected chi connectivity index (χ1v) is 12.1. The van der Waals surface area contributed by atoms with Crippen LogP contribution in [0.2, 0.25) is 5.02 Å². The van der Waals surface area contributed by atoms with Crippen molar-refractivity contribution in [1.82, 2.24) is 9.21 Å². The van der Waals surface area contributed by atoms with E-state index in [0.29, 0.717) is 10.6 Å². The number of nitrogens with zero attached hydrogens (tertiary/aromatic N) is 2. The third-order valence-corrected chi connectivity index (χ3v) is 7.67. The predicted octanol–water partition coefficient (Wildman–Crippen LogP) is 4.12. The number of rotatable bonds is 6. The van der Waals surface area contributed by atoms with Gasteiger partial charge in [0.2, 0.25) is 10.0 Å². The lowest BCUT2D eigenvalue weighted by Crippen LogP contribution is -2.29. The zero-order chi connectivity index (χ0) is 20.3. The Bertz CT molecular complexity index is 956. The molecule has 8 heteroatoms. The normalized spacial score (nSPS) is 14.6. The van der Waals surface area contributed by atoms with Crippen LogP contribution in [0.4, 0.5) is 0 Å². The molecule has 0 saturated carbocycles. The molecular weight excluding hydrogens is 416 g/mol. The van der Waals surface area contributed by atoms with E-state index >= 15 is 0 Å². The molecular formula is C20H23ClN2O3S2. The maximum Gasteiger partial charge on any atom is 0.255 e. The summed E-state index contributed by atoms with van der Waals surface area (Å²) < 4.78 is 27.4. The van der Waals surface area contributed by atoms with Crippen molar-refractivity contribution < 1.29 is 13.2 Å². The number of thioether (sulfide) groups is 1. The van der Waals surface area contributed by atoms with Gasteiger partial charge >= 0.3 is 0 Å². The van der Waals surface area contributed by atoms with Crippen LogP contribution in [0.5, 0.6) is 0 Å². The molecule has 1 saturated heterocycles. The molecule has 2 aromatic rings. The van der Waals surface area contributed by atoms with E-state index < -0.39 is 10.0 Å². The number of carbonyl (C=O) groups is 1. The second-order valence-corrected chi connectivity index (χ2v) is 10.1. The van der Waals surface area contributed by atoms with Gasteiger partial charge in [-0.25, -0.2) is 8.42 Å². The number of hydrogen-bond acceptors (Lipinski definition) is 4. The molecule has 1 amide bonds. The molecule has 1 aliphatic rings. The van der Waals surface area contributed by atoms with Crippen LogP contribution in [0.25, 0.3) is 0 Å². The molecule has 0 N–H and O–H groups in total. The molecule has 0 spiro atoms. The van der Waals surface area contributed by atoms with Gasteiger partial charge in [-0.2, -0.15) is 4.31 Å². The molecule has 0 bridgehead atoms. The maximum absolute atomic E-state index is 13.1. The molecule has 5 nitrogen and oxygen atoms in total. The fourth-order valence-corrected chi connectivity index (χ4v) is 5.10. The number of hydrogen-bond donors (Lipinski definition) is 0. The standard InChI is InChI=1S/C20H23ClN2O3S2/c1-22(14-15-5-7-16(21)8-6-15)28(25,26)17-9-10-19(27-2)18(13-17)20(24)23-11-3-4-12-23/h5-10,13H,3-4,11-12,14H2,1-2H3. The van der Waals surface area contributed by atoms with E-state index in [-0.39, 0.29) is 17.3 Å². The zero-order valence-corrected chi connectivity index (χ0v) is 18.3. The second-order valence-electron chi connectivity index (χ2n) is 6.75. The minimum Gasteiger partial charge on any atom is -0.339 e. The third kappa shape index (κ3) is 4.54. The average molecular weight is 439 g/mol. The van der Waals surface area contributed by atoms with Crippen LogP contribution < -0.4 is 0 Å². The molecule has 28 heavy (non-hydrogen) atoms. The number of benzene rings is 2. The Balaban J connectivity index is 1.89. The van der Waals surface area contributed by atoms with E-state index in [9.17, 15) is 13.2 Å². The Morgan fingerprint density at radius 1 is 1.14 bits per heavy atom. The molecule has 2 aromatic carbocycles. The summed E-state index contributed by atoms with van der Waals surface area (Å²) in [5.74, 6) is -0.0979. The highest BCUT2D eigenvalue weighted by atomic mass is 35.5. The molecule has 0 atom stereocenters. The minimum absolute atomic E-state index is 0.0979. The van der Waals surface area contributed by atoms with Gasteiger partial charge < -0.3 is 4.90 Å². The van der Waals surface area contributed by atoms with Crippen molar-refractivity contribution in [2.45, 2.75) is 29.2 Å². The summed E-state index contributed by atoms with van der Waals surface area (Å²) in [5.41, 5.74) is 1.29. The Morgan fingerprint density at radius 2 is 1.79 bits per heavy atom. The van der Waals surface area contributed by atoms with Crippen molar-refractivity contribution >= 4 is 39.3 Å². The molecule has 0 radical (unpaired) electrons. The van der Waals surface area contributed by atoms with Gasteiger partial charge in [0.05, 0.1) is 10.5 Å². The SMILES string of the molecule is CSc1ccc(S(=O)(=O)N(C)Cc2ccc(Cl)cc2)cc1C(=O)N1CCCC1. The summed E-state index contributed by atoms with van der Waals surface area (Å²) >= 11 is 7.34. The summed E-state index contributed by atoms with van der Waals surface area (Å²) in [4.78, 5) is 15.6.